The molecule has 0 aliphatic heterocycles. The van der Waals surface area contributed by atoms with Crippen LogP contribution in [-0.2, 0) is 11.3 Å². The second-order valence-electron chi connectivity index (χ2n) is 7.20. The lowest BCUT2D eigenvalue weighted by Gasteiger charge is -2.14. The van der Waals surface area contributed by atoms with E-state index in [0.29, 0.717) is 11.6 Å². The summed E-state index contributed by atoms with van der Waals surface area (Å²) < 4.78 is 1.78. The molecule has 0 aliphatic carbocycles. The van der Waals surface area contributed by atoms with Gasteiger partial charge in [0.05, 0.1) is 5.52 Å². The molecule has 0 aliphatic rings. The first-order chi connectivity index (χ1) is 14.0. The summed E-state index contributed by atoms with van der Waals surface area (Å²) in [4.78, 5) is 12.8. The SMILES string of the molecule is Cc1ccc(CNC(=O)[C@H](C)n2nc(-c3ccccc3)c3cc(Cl)ccc32)cc1. The summed E-state index contributed by atoms with van der Waals surface area (Å²) in [7, 11) is 0. The van der Waals surface area contributed by atoms with Gasteiger partial charge in [0.25, 0.3) is 0 Å². The number of rotatable bonds is 5. The highest BCUT2D eigenvalue weighted by atomic mass is 35.5. The molecule has 1 aromatic heterocycles. The molecule has 5 heteroatoms. The van der Waals surface area contributed by atoms with Crippen molar-refractivity contribution in [1.82, 2.24) is 15.1 Å². The van der Waals surface area contributed by atoms with Crippen LogP contribution < -0.4 is 5.32 Å². The quantitative estimate of drug-likeness (QED) is 0.475. The number of aromatic nitrogens is 2. The molecule has 0 unspecified atom stereocenters. The van der Waals surface area contributed by atoms with Crippen molar-refractivity contribution in [3.05, 3.63) is 88.9 Å². The van der Waals surface area contributed by atoms with Gasteiger partial charge in [-0.2, -0.15) is 5.10 Å². The molecular weight excluding hydrogens is 382 g/mol. The zero-order valence-electron chi connectivity index (χ0n) is 16.4. The molecule has 0 fully saturated rings. The van der Waals surface area contributed by atoms with Crippen LogP contribution >= 0.6 is 11.6 Å². The minimum absolute atomic E-state index is 0.0791. The van der Waals surface area contributed by atoms with Crippen molar-refractivity contribution in [3.8, 4) is 11.3 Å². The number of hydrogen-bond acceptors (Lipinski definition) is 2. The molecule has 4 rings (SSSR count). The minimum Gasteiger partial charge on any atom is -0.350 e. The van der Waals surface area contributed by atoms with Crippen molar-refractivity contribution >= 4 is 28.4 Å². The van der Waals surface area contributed by atoms with E-state index in [1.807, 2.05) is 86.6 Å². The molecule has 0 spiro atoms. The van der Waals surface area contributed by atoms with Crippen molar-refractivity contribution in [1.29, 1.82) is 0 Å². The molecule has 146 valence electrons. The van der Waals surface area contributed by atoms with Crippen LogP contribution in [0, 0.1) is 6.92 Å². The molecule has 1 atom stereocenters. The Morgan fingerprint density at radius 3 is 2.52 bits per heavy atom. The molecule has 1 amide bonds. The fraction of sp³-hybridized carbons (Fsp3) is 0.167. The molecule has 1 N–H and O–H groups in total. The Labute approximate surface area is 175 Å². The van der Waals surface area contributed by atoms with E-state index in [1.165, 1.54) is 5.56 Å². The zero-order valence-corrected chi connectivity index (χ0v) is 17.1. The molecule has 3 aromatic carbocycles. The Morgan fingerprint density at radius 1 is 1.07 bits per heavy atom. The smallest absolute Gasteiger partial charge is 0.244 e. The maximum absolute atomic E-state index is 12.8. The molecular formula is C24H22ClN3O. The van der Waals surface area contributed by atoms with E-state index in [0.717, 1.165) is 27.7 Å². The van der Waals surface area contributed by atoms with Crippen LogP contribution in [0.4, 0.5) is 0 Å². The summed E-state index contributed by atoms with van der Waals surface area (Å²) in [5.41, 5.74) is 4.96. The Kier molecular flexibility index (Phi) is 5.36. The van der Waals surface area contributed by atoms with E-state index in [2.05, 4.69) is 5.32 Å². The van der Waals surface area contributed by atoms with Crippen molar-refractivity contribution < 1.29 is 4.79 Å². The molecule has 0 bridgehead atoms. The summed E-state index contributed by atoms with van der Waals surface area (Å²) in [5.74, 6) is -0.0791. The average molecular weight is 404 g/mol. The molecule has 0 saturated heterocycles. The van der Waals surface area contributed by atoms with Gasteiger partial charge in [-0.15, -0.1) is 0 Å². The third-order valence-electron chi connectivity index (χ3n) is 5.05. The van der Waals surface area contributed by atoms with Gasteiger partial charge >= 0.3 is 0 Å². The molecule has 29 heavy (non-hydrogen) atoms. The predicted molar refractivity (Wildman–Crippen MR) is 118 cm³/mol. The number of nitrogens with one attached hydrogen (secondary N) is 1. The van der Waals surface area contributed by atoms with Crippen molar-refractivity contribution in [2.75, 3.05) is 0 Å². The highest BCUT2D eigenvalue weighted by molar-refractivity contribution is 6.31. The van der Waals surface area contributed by atoms with E-state index >= 15 is 0 Å². The monoisotopic (exact) mass is 403 g/mol. The van der Waals surface area contributed by atoms with Gasteiger partial charge in [0.15, 0.2) is 0 Å². The van der Waals surface area contributed by atoms with Gasteiger partial charge in [0, 0.05) is 22.5 Å². The molecule has 1 heterocycles. The fourth-order valence-electron chi connectivity index (χ4n) is 3.37. The van der Waals surface area contributed by atoms with Crippen LogP contribution in [0.25, 0.3) is 22.2 Å². The lowest BCUT2D eigenvalue weighted by molar-refractivity contribution is -0.124. The fourth-order valence-corrected chi connectivity index (χ4v) is 3.54. The number of nitrogens with zero attached hydrogens (tertiary/aromatic N) is 2. The van der Waals surface area contributed by atoms with E-state index in [9.17, 15) is 4.79 Å². The average Bonchev–Trinajstić information content (AvgIpc) is 3.11. The number of aryl methyl sites for hydroxylation is 1. The van der Waals surface area contributed by atoms with Crippen LogP contribution in [0.3, 0.4) is 0 Å². The van der Waals surface area contributed by atoms with Gasteiger partial charge in [-0.3, -0.25) is 9.48 Å². The predicted octanol–water partition coefficient (Wildman–Crippen LogP) is 5.54. The van der Waals surface area contributed by atoms with Crippen molar-refractivity contribution in [2.45, 2.75) is 26.4 Å². The van der Waals surface area contributed by atoms with E-state index in [4.69, 9.17) is 16.7 Å². The van der Waals surface area contributed by atoms with Crippen molar-refractivity contribution in [3.63, 3.8) is 0 Å². The van der Waals surface area contributed by atoms with Gasteiger partial charge in [0.2, 0.25) is 5.91 Å². The van der Waals surface area contributed by atoms with Crippen LogP contribution in [0.5, 0.6) is 0 Å². The Hall–Kier alpha value is -3.11. The number of benzene rings is 3. The number of fused-ring (bicyclic) bond motifs is 1. The third kappa shape index (κ3) is 4.03. The van der Waals surface area contributed by atoms with E-state index < -0.39 is 6.04 Å². The Bertz CT molecular complexity index is 1150. The van der Waals surface area contributed by atoms with Crippen LogP contribution in [0.1, 0.15) is 24.1 Å². The summed E-state index contributed by atoms with van der Waals surface area (Å²) in [6.45, 7) is 4.39. The lowest BCUT2D eigenvalue weighted by Crippen LogP contribution is -2.31. The number of amides is 1. The third-order valence-corrected chi connectivity index (χ3v) is 5.28. The molecule has 4 aromatic rings. The van der Waals surface area contributed by atoms with Crippen LogP contribution in [-0.4, -0.2) is 15.7 Å². The lowest BCUT2D eigenvalue weighted by atomic mass is 10.1. The standard InChI is InChI=1S/C24H22ClN3O/c1-16-8-10-18(11-9-16)15-26-24(29)17(2)28-22-13-12-20(25)14-21(22)23(27-28)19-6-4-3-5-7-19/h3-14,17H,15H2,1-2H3,(H,26,29)/t17-/m0/s1. The maximum atomic E-state index is 12.8. The minimum atomic E-state index is -0.457. The van der Waals surface area contributed by atoms with Gasteiger partial charge < -0.3 is 5.32 Å². The molecule has 0 radical (unpaired) electrons. The number of hydrogen-bond donors (Lipinski definition) is 1. The highest BCUT2D eigenvalue weighted by Crippen LogP contribution is 2.31. The molecule has 4 nitrogen and oxygen atoms in total. The summed E-state index contributed by atoms with van der Waals surface area (Å²) in [5, 5.41) is 9.38. The second-order valence-corrected chi connectivity index (χ2v) is 7.64. The first-order valence-corrected chi connectivity index (χ1v) is 9.97. The zero-order chi connectivity index (χ0) is 20.4. The number of halogens is 1. The molecule has 0 saturated carbocycles. The van der Waals surface area contributed by atoms with Crippen molar-refractivity contribution in [2.24, 2.45) is 0 Å². The summed E-state index contributed by atoms with van der Waals surface area (Å²) >= 11 is 6.24. The first-order valence-electron chi connectivity index (χ1n) is 9.59. The topological polar surface area (TPSA) is 46.9 Å². The van der Waals surface area contributed by atoms with E-state index in [1.54, 1.807) is 4.68 Å². The van der Waals surface area contributed by atoms with Gasteiger partial charge in [-0.1, -0.05) is 71.8 Å². The van der Waals surface area contributed by atoms with Crippen LogP contribution in [0.2, 0.25) is 5.02 Å². The largest absolute Gasteiger partial charge is 0.350 e. The summed E-state index contributed by atoms with van der Waals surface area (Å²) in [6, 6.07) is 23.3. The maximum Gasteiger partial charge on any atom is 0.244 e. The number of carbonyl (C=O) groups excluding carboxylic acids is 1. The normalized spacial score (nSPS) is 12.1. The Morgan fingerprint density at radius 2 is 1.79 bits per heavy atom. The first kappa shape index (κ1) is 19.2. The van der Waals surface area contributed by atoms with Gasteiger partial charge in [0.1, 0.15) is 11.7 Å². The van der Waals surface area contributed by atoms with Gasteiger partial charge in [-0.25, -0.2) is 0 Å². The summed E-state index contributed by atoms with van der Waals surface area (Å²) in [6.07, 6.45) is 0. The second kappa shape index (κ2) is 8.10. The van der Waals surface area contributed by atoms with Gasteiger partial charge in [-0.05, 0) is 37.6 Å². The van der Waals surface area contributed by atoms with Crippen LogP contribution in [0.15, 0.2) is 72.8 Å². The number of carbonyl (C=O) groups is 1. The van der Waals surface area contributed by atoms with E-state index in [-0.39, 0.29) is 5.91 Å². The Balaban J connectivity index is 1.64. The highest BCUT2D eigenvalue weighted by Gasteiger charge is 2.21.